The van der Waals surface area contributed by atoms with Gasteiger partial charge >= 0.3 is 0 Å². The van der Waals surface area contributed by atoms with Crippen LogP contribution in [0.15, 0.2) is 24.3 Å². The average Bonchev–Trinajstić information content (AvgIpc) is 2.35. The normalized spacial score (nSPS) is 14.5. The maximum absolute atomic E-state index is 11.9. The molecule has 1 heterocycles. The quantitative estimate of drug-likeness (QED) is 0.458. The van der Waals surface area contributed by atoms with Crippen LogP contribution in [-0.2, 0) is 0 Å². The summed E-state index contributed by atoms with van der Waals surface area (Å²) < 4.78 is 0. The third-order valence-electron chi connectivity index (χ3n) is 2.96. The molecule has 2 amide bonds. The summed E-state index contributed by atoms with van der Waals surface area (Å²) >= 11 is 12.1. The van der Waals surface area contributed by atoms with Crippen LogP contribution in [0.4, 0.5) is 0 Å². The van der Waals surface area contributed by atoms with E-state index in [9.17, 15) is 9.59 Å². The molecule has 6 heteroatoms. The minimum absolute atomic E-state index is 0.328. The van der Waals surface area contributed by atoms with Crippen molar-refractivity contribution in [2.45, 2.75) is 0 Å². The molecule has 0 saturated heterocycles. The lowest BCUT2D eigenvalue weighted by Gasteiger charge is -2.23. The molecule has 3 rings (SSSR count). The van der Waals surface area contributed by atoms with Crippen LogP contribution < -0.4 is 5.84 Å². The Balaban J connectivity index is 2.58. The first-order valence-corrected chi connectivity index (χ1v) is 5.82. The summed E-state index contributed by atoms with van der Waals surface area (Å²) in [5, 5.41) is 2.35. The van der Waals surface area contributed by atoms with Crippen LogP contribution in [0.2, 0.25) is 10.0 Å². The van der Waals surface area contributed by atoms with E-state index in [0.29, 0.717) is 37.0 Å². The molecule has 0 bridgehead atoms. The molecule has 0 radical (unpaired) electrons. The third-order valence-corrected chi connectivity index (χ3v) is 3.59. The molecule has 2 aromatic rings. The SMILES string of the molecule is NN1C(=O)c2ccc(Cl)c3c(Cl)ccc(c23)C1=O. The molecular formula is C12H6Cl2N2O2. The van der Waals surface area contributed by atoms with Crippen molar-refractivity contribution in [3.8, 4) is 0 Å². The van der Waals surface area contributed by atoms with E-state index in [4.69, 9.17) is 29.0 Å². The molecule has 1 aliphatic rings. The highest BCUT2D eigenvalue weighted by molar-refractivity contribution is 6.44. The van der Waals surface area contributed by atoms with Gasteiger partial charge in [0.05, 0.1) is 11.1 Å². The summed E-state index contributed by atoms with van der Waals surface area (Å²) in [6, 6.07) is 6.21. The second-order valence-corrected chi connectivity index (χ2v) is 4.73. The van der Waals surface area contributed by atoms with Gasteiger partial charge in [0, 0.05) is 20.8 Å². The smallest absolute Gasteiger partial charge is 0.267 e. The molecule has 1 aliphatic heterocycles. The molecule has 0 spiro atoms. The second kappa shape index (κ2) is 3.68. The molecule has 90 valence electrons. The van der Waals surface area contributed by atoms with Gasteiger partial charge in [0.25, 0.3) is 11.8 Å². The number of benzene rings is 2. The minimum Gasteiger partial charge on any atom is -0.267 e. The summed E-state index contributed by atoms with van der Waals surface area (Å²) in [5.74, 6) is 4.34. The first-order valence-electron chi connectivity index (χ1n) is 5.06. The first-order chi connectivity index (χ1) is 8.52. The predicted molar refractivity (Wildman–Crippen MR) is 68.7 cm³/mol. The lowest BCUT2D eigenvalue weighted by Crippen LogP contribution is -2.45. The fourth-order valence-corrected chi connectivity index (χ4v) is 2.69. The zero-order valence-electron chi connectivity index (χ0n) is 8.91. The van der Waals surface area contributed by atoms with Crippen molar-refractivity contribution in [1.82, 2.24) is 5.01 Å². The van der Waals surface area contributed by atoms with Crippen molar-refractivity contribution in [1.29, 1.82) is 0 Å². The zero-order valence-corrected chi connectivity index (χ0v) is 10.4. The van der Waals surface area contributed by atoms with E-state index < -0.39 is 11.8 Å². The van der Waals surface area contributed by atoms with Gasteiger partial charge in [-0.05, 0) is 24.3 Å². The van der Waals surface area contributed by atoms with Gasteiger partial charge in [-0.3, -0.25) is 9.59 Å². The van der Waals surface area contributed by atoms with Crippen molar-refractivity contribution in [2.75, 3.05) is 0 Å². The number of carbonyl (C=O) groups excluding carboxylic acids is 2. The number of amides is 2. The monoisotopic (exact) mass is 280 g/mol. The van der Waals surface area contributed by atoms with Gasteiger partial charge in [0.1, 0.15) is 0 Å². The highest BCUT2D eigenvalue weighted by Crippen LogP contribution is 2.37. The number of carbonyl (C=O) groups is 2. The summed E-state index contributed by atoms with van der Waals surface area (Å²) in [6.45, 7) is 0. The Morgan fingerprint density at radius 1 is 0.833 bits per heavy atom. The summed E-state index contributed by atoms with van der Waals surface area (Å²) in [4.78, 5) is 23.9. The predicted octanol–water partition coefficient (Wildman–Crippen LogP) is 2.62. The summed E-state index contributed by atoms with van der Waals surface area (Å²) in [6.07, 6.45) is 0. The van der Waals surface area contributed by atoms with Crippen molar-refractivity contribution in [2.24, 2.45) is 5.84 Å². The Bertz CT molecular complexity index is 671. The maximum Gasteiger partial charge on any atom is 0.275 e. The molecule has 0 atom stereocenters. The molecule has 4 nitrogen and oxygen atoms in total. The van der Waals surface area contributed by atoms with Crippen LogP contribution in [0.5, 0.6) is 0 Å². The molecule has 0 aliphatic carbocycles. The van der Waals surface area contributed by atoms with Crippen LogP contribution in [0.1, 0.15) is 20.7 Å². The minimum atomic E-state index is -0.559. The summed E-state index contributed by atoms with van der Waals surface area (Å²) in [5.41, 5.74) is 0.656. The Morgan fingerprint density at radius 2 is 1.28 bits per heavy atom. The average molecular weight is 281 g/mol. The van der Waals surface area contributed by atoms with Crippen LogP contribution in [0.3, 0.4) is 0 Å². The Morgan fingerprint density at radius 3 is 1.72 bits per heavy atom. The van der Waals surface area contributed by atoms with Crippen molar-refractivity contribution < 1.29 is 9.59 Å². The lowest BCUT2D eigenvalue weighted by molar-refractivity contribution is 0.0610. The van der Waals surface area contributed by atoms with Gasteiger partial charge in [0.15, 0.2) is 0 Å². The Kier molecular flexibility index (Phi) is 2.35. The fraction of sp³-hybridized carbons (Fsp3) is 0. The molecule has 18 heavy (non-hydrogen) atoms. The van der Waals surface area contributed by atoms with E-state index in [2.05, 4.69) is 0 Å². The topological polar surface area (TPSA) is 63.4 Å². The Hall–Kier alpha value is -1.62. The number of hydrogen-bond acceptors (Lipinski definition) is 3. The Labute approximate surface area is 112 Å². The molecule has 2 N–H and O–H groups in total. The first kappa shape index (κ1) is 11.5. The van der Waals surface area contributed by atoms with E-state index in [1.54, 1.807) is 24.3 Å². The number of hydrogen-bond donors (Lipinski definition) is 1. The van der Waals surface area contributed by atoms with Gasteiger partial charge in [-0.15, -0.1) is 0 Å². The summed E-state index contributed by atoms with van der Waals surface area (Å²) in [7, 11) is 0. The van der Waals surface area contributed by atoms with E-state index in [-0.39, 0.29) is 0 Å². The molecule has 0 unspecified atom stereocenters. The fourth-order valence-electron chi connectivity index (χ4n) is 2.12. The van der Waals surface area contributed by atoms with Crippen LogP contribution in [0, 0.1) is 0 Å². The van der Waals surface area contributed by atoms with Crippen LogP contribution in [-0.4, -0.2) is 16.8 Å². The van der Waals surface area contributed by atoms with Gasteiger partial charge in [0.2, 0.25) is 0 Å². The molecule has 0 saturated carbocycles. The molecular weight excluding hydrogens is 275 g/mol. The third kappa shape index (κ3) is 1.31. The highest BCUT2D eigenvalue weighted by Gasteiger charge is 2.32. The second-order valence-electron chi connectivity index (χ2n) is 3.92. The van der Waals surface area contributed by atoms with Gasteiger partial charge in [-0.2, -0.15) is 0 Å². The molecule has 0 aromatic heterocycles. The molecule has 0 fully saturated rings. The number of imide groups is 1. The number of rotatable bonds is 0. The highest BCUT2D eigenvalue weighted by atomic mass is 35.5. The van der Waals surface area contributed by atoms with Gasteiger partial charge in [-0.1, -0.05) is 23.2 Å². The zero-order chi connectivity index (χ0) is 13.0. The van der Waals surface area contributed by atoms with Gasteiger partial charge < -0.3 is 0 Å². The number of halogens is 2. The number of hydrazine groups is 1. The van der Waals surface area contributed by atoms with Crippen molar-refractivity contribution >= 4 is 45.8 Å². The molecule has 2 aromatic carbocycles. The van der Waals surface area contributed by atoms with Gasteiger partial charge in [-0.25, -0.2) is 10.9 Å². The van der Waals surface area contributed by atoms with E-state index >= 15 is 0 Å². The lowest BCUT2D eigenvalue weighted by atomic mass is 9.95. The largest absolute Gasteiger partial charge is 0.275 e. The van der Waals surface area contributed by atoms with Crippen molar-refractivity contribution in [3.63, 3.8) is 0 Å². The van der Waals surface area contributed by atoms with E-state index in [1.165, 1.54) is 0 Å². The van der Waals surface area contributed by atoms with Crippen LogP contribution >= 0.6 is 23.2 Å². The van der Waals surface area contributed by atoms with E-state index in [1.807, 2.05) is 0 Å². The van der Waals surface area contributed by atoms with Crippen molar-refractivity contribution in [3.05, 3.63) is 45.4 Å². The van der Waals surface area contributed by atoms with E-state index in [0.717, 1.165) is 0 Å². The van der Waals surface area contributed by atoms with Crippen LogP contribution in [0.25, 0.3) is 10.8 Å². The number of nitrogens with zero attached hydrogens (tertiary/aromatic N) is 1. The maximum atomic E-state index is 11.9. The standard InChI is InChI=1S/C12H6Cl2N2O2/c13-7-3-1-5-9-6(2-4-8(14)10(7)9)12(18)16(15)11(5)17/h1-4H,15H2. The number of nitrogens with two attached hydrogens (primary N) is 1.